The van der Waals surface area contributed by atoms with Gasteiger partial charge in [-0.2, -0.15) is 0 Å². The van der Waals surface area contributed by atoms with Gasteiger partial charge in [0.15, 0.2) is 0 Å². The van der Waals surface area contributed by atoms with Crippen molar-refractivity contribution in [2.24, 2.45) is 0 Å². The maximum Gasteiger partial charge on any atom is 0.335 e. The van der Waals surface area contributed by atoms with Crippen LogP contribution in [0.25, 0.3) is 0 Å². The number of hydrogen-bond donors (Lipinski definition) is 0. The lowest BCUT2D eigenvalue weighted by atomic mass is 10.2. The third-order valence-corrected chi connectivity index (χ3v) is 4.25. The molecule has 3 rings (SSSR count). The molecule has 0 spiro atoms. The van der Waals surface area contributed by atoms with Crippen LogP contribution >= 0.6 is 0 Å². The fraction of sp³-hybridized carbons (Fsp3) is 0.385. The Kier molecular flexibility index (Phi) is 3.65. The van der Waals surface area contributed by atoms with E-state index in [0.29, 0.717) is 18.5 Å². The van der Waals surface area contributed by atoms with E-state index in [1.54, 1.807) is 23.2 Å². The first kappa shape index (κ1) is 14.6. The van der Waals surface area contributed by atoms with E-state index in [-0.39, 0.29) is 11.8 Å². The van der Waals surface area contributed by atoms with Gasteiger partial charge in [0, 0.05) is 25.2 Å². The lowest BCUT2D eigenvalue weighted by Gasteiger charge is -2.21. The van der Waals surface area contributed by atoms with Crippen molar-refractivity contribution < 1.29 is 17.6 Å². The van der Waals surface area contributed by atoms with Crippen molar-refractivity contribution in [3.63, 3.8) is 0 Å². The maximum absolute atomic E-state index is 12.5. The maximum atomic E-state index is 12.5. The van der Waals surface area contributed by atoms with Crippen LogP contribution in [-0.2, 0) is 9.84 Å². The summed E-state index contributed by atoms with van der Waals surface area (Å²) in [6.45, 7) is 0.551. The van der Waals surface area contributed by atoms with Crippen LogP contribution in [0, 0.1) is 0 Å². The molecule has 0 N–H and O–H groups in total. The highest BCUT2D eigenvalue weighted by Gasteiger charge is 2.35. The number of carbonyl (C=O) groups excluding carboxylic acids is 1. The van der Waals surface area contributed by atoms with Crippen LogP contribution in [0.15, 0.2) is 34.2 Å². The molecule has 0 radical (unpaired) electrons. The summed E-state index contributed by atoms with van der Waals surface area (Å²) in [5, 5.41) is 6.90. The van der Waals surface area contributed by atoms with E-state index >= 15 is 0 Å². The number of aromatic nitrogens is 3. The Hall–Kier alpha value is -2.29. The molecule has 22 heavy (non-hydrogen) atoms. The van der Waals surface area contributed by atoms with Crippen LogP contribution in [0.4, 0.5) is 0 Å². The summed E-state index contributed by atoms with van der Waals surface area (Å²) in [5.41, 5.74) is 0.470. The third-order valence-electron chi connectivity index (χ3n) is 3.45. The molecule has 1 aliphatic heterocycles. The molecule has 2 aromatic rings. The molecular formula is C13H14N4O4S. The lowest BCUT2D eigenvalue weighted by molar-refractivity contribution is 0.0712. The highest BCUT2D eigenvalue weighted by Crippen LogP contribution is 2.32. The normalized spacial score (nSPS) is 18.6. The average molecular weight is 322 g/mol. The number of amides is 1. The van der Waals surface area contributed by atoms with Crippen molar-refractivity contribution in [2.75, 3.05) is 12.8 Å². The minimum atomic E-state index is -3.56. The van der Waals surface area contributed by atoms with Gasteiger partial charge < -0.3 is 9.32 Å². The van der Waals surface area contributed by atoms with Gasteiger partial charge in [0.05, 0.1) is 5.56 Å². The second kappa shape index (κ2) is 5.48. The Balaban J connectivity index is 1.88. The third kappa shape index (κ3) is 2.71. The van der Waals surface area contributed by atoms with Crippen molar-refractivity contribution in [3.05, 3.63) is 36.0 Å². The highest BCUT2D eigenvalue weighted by atomic mass is 32.2. The van der Waals surface area contributed by atoms with Gasteiger partial charge in [-0.15, -0.1) is 5.10 Å². The number of carbonyl (C=O) groups is 1. The van der Waals surface area contributed by atoms with Crippen molar-refractivity contribution >= 4 is 15.7 Å². The van der Waals surface area contributed by atoms with Gasteiger partial charge >= 0.3 is 5.22 Å². The van der Waals surface area contributed by atoms with Crippen molar-refractivity contribution in [1.29, 1.82) is 0 Å². The molecule has 2 aromatic heterocycles. The molecule has 0 unspecified atom stereocenters. The summed E-state index contributed by atoms with van der Waals surface area (Å²) in [7, 11) is -3.56. The molecule has 1 amide bonds. The van der Waals surface area contributed by atoms with Gasteiger partial charge in [0.25, 0.3) is 5.91 Å². The number of pyridine rings is 1. The number of sulfone groups is 1. The lowest BCUT2D eigenvalue weighted by Crippen LogP contribution is -2.30. The van der Waals surface area contributed by atoms with Crippen LogP contribution in [0.5, 0.6) is 0 Å². The van der Waals surface area contributed by atoms with E-state index in [0.717, 1.165) is 12.7 Å². The van der Waals surface area contributed by atoms with Crippen molar-refractivity contribution in [1.82, 2.24) is 20.1 Å². The van der Waals surface area contributed by atoms with Gasteiger partial charge in [0.2, 0.25) is 15.7 Å². The highest BCUT2D eigenvalue weighted by molar-refractivity contribution is 7.90. The molecule has 0 aliphatic carbocycles. The zero-order valence-corrected chi connectivity index (χ0v) is 12.7. The quantitative estimate of drug-likeness (QED) is 0.824. The standard InChI is InChI=1S/C13H14N4O4S/c1-22(19,20)13-16-15-11(21-13)10-5-3-7-17(10)12(18)9-4-2-6-14-8-9/h2,4,6,8,10H,3,5,7H2,1H3/t10-/m0/s1. The molecule has 9 heteroatoms. The van der Waals surface area contributed by atoms with Crippen LogP contribution < -0.4 is 0 Å². The number of nitrogens with zero attached hydrogens (tertiary/aromatic N) is 4. The molecule has 116 valence electrons. The number of hydrogen-bond acceptors (Lipinski definition) is 7. The Morgan fingerprint density at radius 2 is 2.23 bits per heavy atom. The van der Waals surface area contributed by atoms with E-state index in [1.807, 2.05) is 0 Å². The fourth-order valence-corrected chi connectivity index (χ4v) is 2.85. The van der Waals surface area contributed by atoms with Gasteiger partial charge in [-0.05, 0) is 25.0 Å². The molecule has 1 aliphatic rings. The SMILES string of the molecule is CS(=O)(=O)c1nnc([C@@H]2CCCN2C(=O)c2cccnc2)o1. The van der Waals surface area contributed by atoms with E-state index in [1.165, 1.54) is 6.20 Å². The molecule has 0 aromatic carbocycles. The Labute approximate surface area is 127 Å². The Morgan fingerprint density at radius 1 is 1.41 bits per heavy atom. The zero-order valence-electron chi connectivity index (χ0n) is 11.8. The van der Waals surface area contributed by atoms with E-state index in [2.05, 4.69) is 15.2 Å². The molecular weight excluding hydrogens is 308 g/mol. The molecule has 8 nitrogen and oxygen atoms in total. The summed E-state index contributed by atoms with van der Waals surface area (Å²) in [5.74, 6) is -0.0372. The number of rotatable bonds is 3. The van der Waals surface area contributed by atoms with Gasteiger partial charge in [-0.25, -0.2) is 8.42 Å². The monoisotopic (exact) mass is 322 g/mol. The van der Waals surface area contributed by atoms with E-state index < -0.39 is 21.1 Å². The minimum Gasteiger partial charge on any atom is -0.410 e. The smallest absolute Gasteiger partial charge is 0.335 e. The molecule has 0 bridgehead atoms. The average Bonchev–Trinajstić information content (AvgIpc) is 3.15. The summed E-state index contributed by atoms with van der Waals surface area (Å²) >= 11 is 0. The molecule has 3 heterocycles. The van der Waals surface area contributed by atoms with Crippen molar-refractivity contribution in [3.8, 4) is 0 Å². The van der Waals surface area contributed by atoms with Gasteiger partial charge in [-0.3, -0.25) is 9.78 Å². The van der Waals surface area contributed by atoms with Gasteiger partial charge in [-0.1, -0.05) is 5.10 Å². The molecule has 1 saturated heterocycles. The summed E-state index contributed by atoms with van der Waals surface area (Å²) in [6.07, 6.45) is 5.52. The van der Waals surface area contributed by atoms with Crippen LogP contribution in [0.2, 0.25) is 0 Å². The first-order valence-corrected chi connectivity index (χ1v) is 8.60. The first-order valence-electron chi connectivity index (χ1n) is 6.71. The molecule has 1 fully saturated rings. The topological polar surface area (TPSA) is 106 Å². The molecule has 0 saturated carbocycles. The summed E-state index contributed by atoms with van der Waals surface area (Å²) in [6, 6.07) is 2.96. The van der Waals surface area contributed by atoms with E-state index in [4.69, 9.17) is 4.42 Å². The van der Waals surface area contributed by atoms with E-state index in [9.17, 15) is 13.2 Å². The summed E-state index contributed by atoms with van der Waals surface area (Å²) in [4.78, 5) is 18.1. The Bertz CT molecular complexity index is 787. The largest absolute Gasteiger partial charge is 0.410 e. The minimum absolute atomic E-state index is 0.148. The summed E-state index contributed by atoms with van der Waals surface area (Å²) < 4.78 is 28.1. The Morgan fingerprint density at radius 3 is 2.86 bits per heavy atom. The first-order chi connectivity index (χ1) is 10.5. The van der Waals surface area contributed by atoms with Crippen LogP contribution in [-0.4, -0.2) is 47.2 Å². The van der Waals surface area contributed by atoms with Crippen molar-refractivity contribution in [2.45, 2.75) is 24.1 Å². The second-order valence-corrected chi connectivity index (χ2v) is 6.97. The fourth-order valence-electron chi connectivity index (χ4n) is 2.43. The molecule has 1 atom stereocenters. The second-order valence-electron chi connectivity index (χ2n) is 5.08. The van der Waals surface area contributed by atoms with Crippen LogP contribution in [0.1, 0.15) is 35.1 Å². The number of likely N-dealkylation sites (tertiary alicyclic amines) is 1. The zero-order chi connectivity index (χ0) is 15.7. The predicted octanol–water partition coefficient (Wildman–Crippen LogP) is 0.845. The predicted molar refractivity (Wildman–Crippen MR) is 74.7 cm³/mol. The van der Waals surface area contributed by atoms with Gasteiger partial charge in [0.1, 0.15) is 6.04 Å². The van der Waals surface area contributed by atoms with Crippen LogP contribution in [0.3, 0.4) is 0 Å².